The fourth-order valence-corrected chi connectivity index (χ4v) is 2.71. The maximum absolute atomic E-state index is 6.22. The number of hydrogen-bond acceptors (Lipinski definition) is 1. The Hall–Kier alpha value is -0.500. The molecule has 0 fully saturated rings. The third-order valence-electron chi connectivity index (χ3n) is 3.20. The van der Waals surface area contributed by atoms with Gasteiger partial charge >= 0.3 is 0 Å². The monoisotopic (exact) mass is 269 g/mol. The molecule has 0 heterocycles. The first-order valence-corrected chi connectivity index (χ1v) is 6.79. The maximum atomic E-state index is 6.22. The highest BCUT2D eigenvalue weighted by atomic mass is 35.5. The Kier molecular flexibility index (Phi) is 4.49. The van der Waals surface area contributed by atoms with Gasteiger partial charge in [-0.15, -0.1) is 0 Å². The Balaban J connectivity index is 2.06. The molecule has 1 nitrogen and oxygen atoms in total. The first-order valence-electron chi connectivity index (χ1n) is 6.03. The molecule has 2 atom stereocenters. The van der Waals surface area contributed by atoms with E-state index in [1.807, 2.05) is 18.2 Å². The van der Waals surface area contributed by atoms with E-state index >= 15 is 0 Å². The van der Waals surface area contributed by atoms with Crippen LogP contribution in [0.25, 0.3) is 0 Å². The van der Waals surface area contributed by atoms with E-state index in [9.17, 15) is 0 Å². The fourth-order valence-electron chi connectivity index (χ4n) is 2.24. The van der Waals surface area contributed by atoms with Crippen molar-refractivity contribution in [2.45, 2.75) is 38.3 Å². The summed E-state index contributed by atoms with van der Waals surface area (Å²) in [6.45, 7) is 2.13. The zero-order chi connectivity index (χ0) is 12.3. The van der Waals surface area contributed by atoms with Crippen molar-refractivity contribution in [3.63, 3.8) is 0 Å². The van der Waals surface area contributed by atoms with E-state index in [1.54, 1.807) is 0 Å². The highest BCUT2D eigenvalue weighted by molar-refractivity contribution is 6.42. The molecule has 92 valence electrons. The number of hydrogen-bond donors (Lipinski definition) is 1. The van der Waals surface area contributed by atoms with Gasteiger partial charge in [-0.1, -0.05) is 47.5 Å². The predicted molar refractivity (Wildman–Crippen MR) is 74.8 cm³/mol. The van der Waals surface area contributed by atoms with Crippen molar-refractivity contribution < 1.29 is 0 Å². The number of benzene rings is 1. The molecule has 1 aliphatic rings. The Morgan fingerprint density at radius 3 is 2.82 bits per heavy atom. The highest BCUT2D eigenvalue weighted by Crippen LogP contribution is 2.30. The van der Waals surface area contributed by atoms with Gasteiger partial charge in [-0.3, -0.25) is 0 Å². The lowest BCUT2D eigenvalue weighted by Gasteiger charge is -2.25. The first-order chi connectivity index (χ1) is 8.18. The molecule has 0 bridgehead atoms. The summed E-state index contributed by atoms with van der Waals surface area (Å²) in [5.41, 5.74) is 1.08. The van der Waals surface area contributed by atoms with Gasteiger partial charge in [0.25, 0.3) is 0 Å². The van der Waals surface area contributed by atoms with Crippen molar-refractivity contribution >= 4 is 23.2 Å². The van der Waals surface area contributed by atoms with Gasteiger partial charge in [0.05, 0.1) is 10.0 Å². The molecule has 1 aliphatic carbocycles. The molecular weight excluding hydrogens is 253 g/mol. The molecule has 0 radical (unpaired) electrons. The van der Waals surface area contributed by atoms with Crippen molar-refractivity contribution in [2.24, 2.45) is 0 Å². The highest BCUT2D eigenvalue weighted by Gasteiger charge is 2.16. The molecule has 0 saturated carbocycles. The summed E-state index contributed by atoms with van der Waals surface area (Å²) in [4.78, 5) is 0. The molecule has 1 N–H and O–H groups in total. The zero-order valence-corrected chi connectivity index (χ0v) is 11.4. The minimum absolute atomic E-state index is 0.234. The summed E-state index contributed by atoms with van der Waals surface area (Å²) in [5.74, 6) is 0. The SMILES string of the molecule is CC(NC1CC=CCC1)c1cccc(Cl)c1Cl. The van der Waals surface area contributed by atoms with Crippen LogP contribution in [0.4, 0.5) is 0 Å². The van der Waals surface area contributed by atoms with Crippen LogP contribution >= 0.6 is 23.2 Å². The van der Waals surface area contributed by atoms with Gasteiger partial charge in [-0.2, -0.15) is 0 Å². The average molecular weight is 270 g/mol. The molecule has 17 heavy (non-hydrogen) atoms. The van der Waals surface area contributed by atoms with E-state index in [0.717, 1.165) is 18.4 Å². The molecular formula is C14H17Cl2N. The van der Waals surface area contributed by atoms with Crippen molar-refractivity contribution in [1.29, 1.82) is 0 Å². The molecule has 0 amide bonds. The van der Waals surface area contributed by atoms with Crippen LogP contribution in [0.15, 0.2) is 30.4 Å². The predicted octanol–water partition coefficient (Wildman–Crippen LogP) is 4.75. The van der Waals surface area contributed by atoms with E-state index in [-0.39, 0.29) is 6.04 Å². The van der Waals surface area contributed by atoms with Gasteiger partial charge in [-0.05, 0) is 37.8 Å². The van der Waals surface area contributed by atoms with Crippen molar-refractivity contribution in [2.75, 3.05) is 0 Å². The van der Waals surface area contributed by atoms with Crippen molar-refractivity contribution in [3.8, 4) is 0 Å². The molecule has 0 spiro atoms. The normalized spacial score (nSPS) is 21.5. The number of rotatable bonds is 3. The van der Waals surface area contributed by atoms with Gasteiger partial charge in [0.15, 0.2) is 0 Å². The lowest BCUT2D eigenvalue weighted by Crippen LogP contribution is -2.32. The summed E-state index contributed by atoms with van der Waals surface area (Å²) in [6.07, 6.45) is 7.94. The second kappa shape index (κ2) is 5.90. The van der Waals surface area contributed by atoms with E-state index in [4.69, 9.17) is 23.2 Å². The smallest absolute Gasteiger partial charge is 0.0639 e. The second-order valence-electron chi connectivity index (χ2n) is 4.51. The van der Waals surface area contributed by atoms with Crippen LogP contribution in [-0.2, 0) is 0 Å². The van der Waals surface area contributed by atoms with Gasteiger partial charge in [0, 0.05) is 12.1 Å². The van der Waals surface area contributed by atoms with E-state index in [1.165, 1.54) is 6.42 Å². The lowest BCUT2D eigenvalue weighted by molar-refractivity contribution is 0.426. The Morgan fingerprint density at radius 1 is 1.29 bits per heavy atom. The molecule has 0 saturated heterocycles. The van der Waals surface area contributed by atoms with Gasteiger partial charge in [0.2, 0.25) is 0 Å². The molecule has 0 aromatic heterocycles. The Bertz CT molecular complexity index is 415. The third kappa shape index (κ3) is 3.25. The van der Waals surface area contributed by atoms with E-state index in [0.29, 0.717) is 16.1 Å². The average Bonchev–Trinajstić information content (AvgIpc) is 2.34. The lowest BCUT2D eigenvalue weighted by atomic mass is 9.99. The topological polar surface area (TPSA) is 12.0 Å². The van der Waals surface area contributed by atoms with Crippen LogP contribution in [0.3, 0.4) is 0 Å². The van der Waals surface area contributed by atoms with Crippen molar-refractivity contribution in [3.05, 3.63) is 46.0 Å². The third-order valence-corrected chi connectivity index (χ3v) is 4.04. The maximum Gasteiger partial charge on any atom is 0.0639 e. The summed E-state index contributed by atoms with van der Waals surface area (Å²) in [7, 11) is 0. The number of nitrogens with one attached hydrogen (secondary N) is 1. The Morgan fingerprint density at radius 2 is 2.12 bits per heavy atom. The first kappa shape index (κ1) is 12.9. The summed E-state index contributed by atoms with van der Waals surface area (Å²) in [5, 5.41) is 4.90. The zero-order valence-electron chi connectivity index (χ0n) is 9.92. The molecule has 3 heteroatoms. The van der Waals surface area contributed by atoms with Crippen LogP contribution < -0.4 is 5.32 Å². The van der Waals surface area contributed by atoms with Crippen LogP contribution in [-0.4, -0.2) is 6.04 Å². The van der Waals surface area contributed by atoms with Crippen LogP contribution in [0.1, 0.15) is 37.8 Å². The standard InChI is InChI=1S/C14H17Cl2N/c1-10(17-11-6-3-2-4-7-11)12-8-5-9-13(15)14(12)16/h2-3,5,8-11,17H,4,6-7H2,1H3. The second-order valence-corrected chi connectivity index (χ2v) is 5.30. The summed E-state index contributed by atoms with van der Waals surface area (Å²) >= 11 is 12.2. The Labute approximate surface area is 113 Å². The molecule has 1 aromatic rings. The van der Waals surface area contributed by atoms with Gasteiger partial charge < -0.3 is 5.32 Å². The van der Waals surface area contributed by atoms with Crippen LogP contribution in [0.5, 0.6) is 0 Å². The minimum atomic E-state index is 0.234. The quantitative estimate of drug-likeness (QED) is 0.781. The van der Waals surface area contributed by atoms with Gasteiger partial charge in [-0.25, -0.2) is 0 Å². The van der Waals surface area contributed by atoms with Crippen molar-refractivity contribution in [1.82, 2.24) is 5.32 Å². The van der Waals surface area contributed by atoms with E-state index in [2.05, 4.69) is 24.4 Å². The largest absolute Gasteiger partial charge is 0.307 e. The van der Waals surface area contributed by atoms with E-state index < -0.39 is 0 Å². The number of allylic oxidation sites excluding steroid dienone is 1. The minimum Gasteiger partial charge on any atom is -0.307 e. The molecule has 1 aromatic carbocycles. The number of halogens is 2. The summed E-state index contributed by atoms with van der Waals surface area (Å²) < 4.78 is 0. The van der Waals surface area contributed by atoms with Gasteiger partial charge in [0.1, 0.15) is 0 Å². The fraction of sp³-hybridized carbons (Fsp3) is 0.429. The molecule has 0 aliphatic heterocycles. The van der Waals surface area contributed by atoms with Crippen LogP contribution in [0, 0.1) is 0 Å². The van der Waals surface area contributed by atoms with Crippen LogP contribution in [0.2, 0.25) is 10.0 Å². The summed E-state index contributed by atoms with van der Waals surface area (Å²) in [6, 6.07) is 6.58. The molecule has 2 unspecified atom stereocenters. The molecule has 2 rings (SSSR count).